The standard InChI is InChI=1S/C12H22N2O2/c1-8-5-6-14(10(8)11(13)16)9(15)7-12(2,3)4/h8,10H,5-7H2,1-4H3,(H2,13,16)/t8-,10-/m0/s1. The van der Waals surface area contributed by atoms with Gasteiger partial charge in [0.05, 0.1) is 0 Å². The van der Waals surface area contributed by atoms with Gasteiger partial charge in [-0.3, -0.25) is 9.59 Å². The van der Waals surface area contributed by atoms with E-state index in [4.69, 9.17) is 5.73 Å². The van der Waals surface area contributed by atoms with Crippen molar-refractivity contribution >= 4 is 11.8 Å². The lowest BCUT2D eigenvalue weighted by atomic mass is 9.91. The van der Waals surface area contributed by atoms with E-state index >= 15 is 0 Å². The number of likely N-dealkylation sites (tertiary alicyclic amines) is 1. The van der Waals surface area contributed by atoms with Gasteiger partial charge < -0.3 is 10.6 Å². The van der Waals surface area contributed by atoms with E-state index in [1.807, 2.05) is 27.7 Å². The van der Waals surface area contributed by atoms with Crippen molar-refractivity contribution in [3.05, 3.63) is 0 Å². The third kappa shape index (κ3) is 2.97. The highest BCUT2D eigenvalue weighted by atomic mass is 16.2. The Hall–Kier alpha value is -1.06. The van der Waals surface area contributed by atoms with Gasteiger partial charge in [-0.1, -0.05) is 27.7 Å². The lowest BCUT2D eigenvalue weighted by Crippen LogP contribution is -2.46. The van der Waals surface area contributed by atoms with E-state index in [1.54, 1.807) is 4.90 Å². The van der Waals surface area contributed by atoms with Crippen molar-refractivity contribution in [2.75, 3.05) is 6.54 Å². The zero-order chi connectivity index (χ0) is 12.5. The number of hydrogen-bond donors (Lipinski definition) is 1. The Morgan fingerprint density at radius 1 is 1.38 bits per heavy atom. The summed E-state index contributed by atoms with van der Waals surface area (Å²) in [4.78, 5) is 25.0. The first-order chi connectivity index (χ1) is 7.22. The first-order valence-corrected chi connectivity index (χ1v) is 5.81. The van der Waals surface area contributed by atoms with Crippen LogP contribution in [0.1, 0.15) is 40.5 Å². The minimum absolute atomic E-state index is 0.0423. The molecule has 1 fully saturated rings. The summed E-state index contributed by atoms with van der Waals surface area (Å²) in [5.74, 6) is -0.158. The van der Waals surface area contributed by atoms with Gasteiger partial charge in [-0.15, -0.1) is 0 Å². The van der Waals surface area contributed by atoms with Gasteiger partial charge in [0.1, 0.15) is 6.04 Å². The van der Waals surface area contributed by atoms with Crippen molar-refractivity contribution < 1.29 is 9.59 Å². The molecule has 0 unspecified atom stereocenters. The lowest BCUT2D eigenvalue weighted by molar-refractivity contribution is -0.139. The normalized spacial score (nSPS) is 25.9. The lowest BCUT2D eigenvalue weighted by Gasteiger charge is -2.27. The highest BCUT2D eigenvalue weighted by Crippen LogP contribution is 2.27. The molecule has 0 aliphatic carbocycles. The fourth-order valence-corrected chi connectivity index (χ4v) is 2.22. The average molecular weight is 226 g/mol. The monoisotopic (exact) mass is 226 g/mol. The highest BCUT2D eigenvalue weighted by molar-refractivity contribution is 5.87. The Bertz CT molecular complexity index is 294. The van der Waals surface area contributed by atoms with E-state index in [0.717, 1.165) is 6.42 Å². The maximum absolute atomic E-state index is 12.0. The van der Waals surface area contributed by atoms with Crippen LogP contribution < -0.4 is 5.73 Å². The van der Waals surface area contributed by atoms with E-state index < -0.39 is 6.04 Å². The summed E-state index contributed by atoms with van der Waals surface area (Å²) < 4.78 is 0. The average Bonchev–Trinajstić information content (AvgIpc) is 2.43. The number of carbonyl (C=O) groups excluding carboxylic acids is 2. The fraction of sp³-hybridized carbons (Fsp3) is 0.833. The number of amides is 2. The fourth-order valence-electron chi connectivity index (χ4n) is 2.22. The predicted octanol–water partition coefficient (Wildman–Crippen LogP) is 1.14. The molecule has 16 heavy (non-hydrogen) atoms. The molecule has 2 atom stereocenters. The van der Waals surface area contributed by atoms with Crippen molar-refractivity contribution in [1.82, 2.24) is 4.90 Å². The van der Waals surface area contributed by atoms with Crippen LogP contribution in [0, 0.1) is 11.3 Å². The second kappa shape index (κ2) is 4.44. The molecular weight excluding hydrogens is 204 g/mol. The molecule has 1 saturated heterocycles. The van der Waals surface area contributed by atoms with E-state index in [1.165, 1.54) is 0 Å². The Morgan fingerprint density at radius 3 is 2.38 bits per heavy atom. The summed E-state index contributed by atoms with van der Waals surface area (Å²) in [5.41, 5.74) is 5.30. The molecular formula is C12H22N2O2. The molecule has 92 valence electrons. The van der Waals surface area contributed by atoms with Crippen LogP contribution in [-0.4, -0.2) is 29.3 Å². The largest absolute Gasteiger partial charge is 0.368 e. The van der Waals surface area contributed by atoms with E-state index in [9.17, 15) is 9.59 Å². The van der Waals surface area contributed by atoms with Crippen molar-refractivity contribution in [3.8, 4) is 0 Å². The van der Waals surface area contributed by atoms with Gasteiger partial charge in [-0.25, -0.2) is 0 Å². The molecule has 0 aromatic rings. The van der Waals surface area contributed by atoms with Gasteiger partial charge in [0, 0.05) is 13.0 Å². The Kier molecular flexibility index (Phi) is 3.61. The molecule has 0 radical (unpaired) electrons. The zero-order valence-electron chi connectivity index (χ0n) is 10.6. The SMILES string of the molecule is C[C@H]1CCN(C(=O)CC(C)(C)C)[C@@H]1C(N)=O. The summed E-state index contributed by atoms with van der Waals surface area (Å²) in [6, 6.07) is -0.408. The molecule has 2 N–H and O–H groups in total. The third-order valence-electron chi connectivity index (χ3n) is 2.99. The second-order valence-electron chi connectivity index (χ2n) is 5.94. The maximum atomic E-state index is 12.0. The third-order valence-corrected chi connectivity index (χ3v) is 2.99. The molecule has 1 rings (SSSR count). The first-order valence-electron chi connectivity index (χ1n) is 5.81. The Morgan fingerprint density at radius 2 is 1.94 bits per heavy atom. The molecule has 0 saturated carbocycles. The zero-order valence-corrected chi connectivity index (χ0v) is 10.6. The van der Waals surface area contributed by atoms with Gasteiger partial charge in [-0.2, -0.15) is 0 Å². The van der Waals surface area contributed by atoms with Crippen LogP contribution in [0.3, 0.4) is 0 Å². The highest BCUT2D eigenvalue weighted by Gasteiger charge is 2.38. The summed E-state index contributed by atoms with van der Waals surface area (Å²) in [7, 11) is 0. The van der Waals surface area contributed by atoms with Crippen LogP contribution in [0.4, 0.5) is 0 Å². The van der Waals surface area contributed by atoms with Crippen LogP contribution in [0.25, 0.3) is 0 Å². The predicted molar refractivity (Wildman–Crippen MR) is 62.5 cm³/mol. The summed E-state index contributed by atoms with van der Waals surface area (Å²) in [6.45, 7) is 8.68. The summed E-state index contributed by atoms with van der Waals surface area (Å²) in [5, 5.41) is 0. The Labute approximate surface area is 97.2 Å². The molecule has 0 aromatic carbocycles. The summed E-state index contributed by atoms with van der Waals surface area (Å²) >= 11 is 0. The van der Waals surface area contributed by atoms with E-state index in [2.05, 4.69) is 0 Å². The number of nitrogens with zero attached hydrogens (tertiary/aromatic N) is 1. The minimum atomic E-state index is -0.408. The Balaban J connectivity index is 2.73. The number of carbonyl (C=O) groups is 2. The molecule has 1 aliphatic heterocycles. The minimum Gasteiger partial charge on any atom is -0.368 e. The number of primary amides is 1. The molecule has 0 spiro atoms. The van der Waals surface area contributed by atoms with Crippen LogP contribution in [0.2, 0.25) is 0 Å². The van der Waals surface area contributed by atoms with Gasteiger partial charge in [0.2, 0.25) is 11.8 Å². The number of nitrogens with two attached hydrogens (primary N) is 1. The quantitative estimate of drug-likeness (QED) is 0.767. The van der Waals surface area contributed by atoms with Gasteiger partial charge >= 0.3 is 0 Å². The van der Waals surface area contributed by atoms with E-state index in [-0.39, 0.29) is 23.1 Å². The van der Waals surface area contributed by atoms with Crippen molar-refractivity contribution in [2.24, 2.45) is 17.1 Å². The van der Waals surface area contributed by atoms with Crippen LogP contribution in [0.5, 0.6) is 0 Å². The van der Waals surface area contributed by atoms with Crippen LogP contribution in [0.15, 0.2) is 0 Å². The topological polar surface area (TPSA) is 63.4 Å². The number of rotatable bonds is 2. The number of hydrogen-bond acceptors (Lipinski definition) is 2. The smallest absolute Gasteiger partial charge is 0.240 e. The van der Waals surface area contributed by atoms with Crippen molar-refractivity contribution in [2.45, 2.75) is 46.6 Å². The molecule has 1 aliphatic rings. The molecule has 2 amide bonds. The first kappa shape index (κ1) is 13.0. The molecule has 4 heteroatoms. The molecule has 0 aromatic heterocycles. The molecule has 4 nitrogen and oxygen atoms in total. The van der Waals surface area contributed by atoms with Gasteiger partial charge in [0.15, 0.2) is 0 Å². The van der Waals surface area contributed by atoms with Crippen molar-refractivity contribution in [3.63, 3.8) is 0 Å². The van der Waals surface area contributed by atoms with Crippen molar-refractivity contribution in [1.29, 1.82) is 0 Å². The van der Waals surface area contributed by atoms with E-state index in [0.29, 0.717) is 13.0 Å². The maximum Gasteiger partial charge on any atom is 0.240 e. The summed E-state index contributed by atoms with van der Waals surface area (Å²) in [6.07, 6.45) is 1.33. The second-order valence-corrected chi connectivity index (χ2v) is 5.94. The molecule has 1 heterocycles. The molecule has 0 bridgehead atoms. The van der Waals surface area contributed by atoms with Crippen LogP contribution in [-0.2, 0) is 9.59 Å². The van der Waals surface area contributed by atoms with Gasteiger partial charge in [0.25, 0.3) is 0 Å². The van der Waals surface area contributed by atoms with Gasteiger partial charge in [-0.05, 0) is 17.8 Å². The van der Waals surface area contributed by atoms with Crippen LogP contribution >= 0.6 is 0 Å².